The van der Waals surface area contributed by atoms with Crippen LogP contribution in [0.2, 0.25) is 0 Å². The van der Waals surface area contributed by atoms with Gasteiger partial charge in [-0.05, 0) is 38.1 Å². The molecular formula is C20H22F2N4O4S. The molecule has 0 aliphatic rings. The van der Waals surface area contributed by atoms with Gasteiger partial charge in [0.05, 0.1) is 23.4 Å². The molecule has 3 aromatic rings. The number of pyridine rings is 1. The molecule has 2 aromatic heterocycles. The standard InChI is InChI=1S/C20H22F2N4O4S/c1-20(2,28)13-11-15-12(10-16(13)24-19(27)14-6-4-5-7-23-14)17(18(21)22)26(25-15)8-9-31(3,29)30/h4-7,10-11,18,28H,8-9H2,1-3H3,(H,24,27). The Morgan fingerprint density at radius 3 is 2.55 bits per heavy atom. The Labute approximate surface area is 177 Å². The molecule has 0 atom stereocenters. The number of benzene rings is 1. The Morgan fingerprint density at radius 1 is 1.29 bits per heavy atom. The minimum Gasteiger partial charge on any atom is -0.386 e. The van der Waals surface area contributed by atoms with Crippen molar-refractivity contribution < 1.29 is 27.1 Å². The second-order valence-corrected chi connectivity index (χ2v) is 9.94. The van der Waals surface area contributed by atoms with Gasteiger partial charge in [0.1, 0.15) is 21.2 Å². The van der Waals surface area contributed by atoms with Crippen molar-refractivity contribution in [3.63, 3.8) is 0 Å². The molecule has 2 heterocycles. The lowest BCUT2D eigenvalue weighted by atomic mass is 9.94. The third-order valence-electron chi connectivity index (χ3n) is 4.60. The number of hydrogen-bond donors (Lipinski definition) is 2. The summed E-state index contributed by atoms with van der Waals surface area (Å²) in [5.74, 6) is -0.934. The summed E-state index contributed by atoms with van der Waals surface area (Å²) in [5, 5.41) is 17.4. The molecule has 1 amide bonds. The highest BCUT2D eigenvalue weighted by Gasteiger charge is 2.27. The summed E-state index contributed by atoms with van der Waals surface area (Å²) in [7, 11) is -3.40. The number of hydrogen-bond acceptors (Lipinski definition) is 6. The zero-order valence-corrected chi connectivity index (χ0v) is 17.9. The third kappa shape index (κ3) is 5.23. The summed E-state index contributed by atoms with van der Waals surface area (Å²) in [6.07, 6.45) is -0.483. The molecule has 0 saturated heterocycles. The number of aryl methyl sites for hydroxylation is 1. The molecule has 0 spiro atoms. The summed E-state index contributed by atoms with van der Waals surface area (Å²) < 4.78 is 51.6. The molecule has 0 fully saturated rings. The van der Waals surface area contributed by atoms with Gasteiger partial charge in [0.25, 0.3) is 12.3 Å². The number of anilines is 1. The van der Waals surface area contributed by atoms with Crippen LogP contribution in [0.3, 0.4) is 0 Å². The van der Waals surface area contributed by atoms with Crippen LogP contribution >= 0.6 is 0 Å². The molecule has 166 valence electrons. The topological polar surface area (TPSA) is 114 Å². The molecule has 0 aliphatic carbocycles. The predicted molar refractivity (Wildman–Crippen MR) is 112 cm³/mol. The number of alkyl halides is 2. The van der Waals surface area contributed by atoms with E-state index in [4.69, 9.17) is 0 Å². The molecule has 11 heteroatoms. The Bertz CT molecular complexity index is 1220. The Kier molecular flexibility index (Phi) is 6.10. The zero-order chi connectivity index (χ0) is 23.0. The van der Waals surface area contributed by atoms with Gasteiger partial charge in [0, 0.05) is 29.1 Å². The number of aromatic nitrogens is 3. The van der Waals surface area contributed by atoms with E-state index in [1.807, 2.05) is 0 Å². The van der Waals surface area contributed by atoms with Crippen LogP contribution in [-0.4, -0.2) is 46.2 Å². The van der Waals surface area contributed by atoms with E-state index in [0.29, 0.717) is 0 Å². The van der Waals surface area contributed by atoms with Crippen molar-refractivity contribution in [2.24, 2.45) is 0 Å². The monoisotopic (exact) mass is 452 g/mol. The molecule has 0 aliphatic heterocycles. The molecular weight excluding hydrogens is 430 g/mol. The van der Waals surface area contributed by atoms with Gasteiger partial charge in [-0.1, -0.05) is 6.07 Å². The molecule has 1 aromatic carbocycles. The van der Waals surface area contributed by atoms with Crippen LogP contribution in [0, 0.1) is 0 Å². The SMILES string of the molecule is CC(C)(O)c1cc2nn(CCS(C)(=O)=O)c(C(F)F)c2cc1NC(=O)c1ccccn1. The summed E-state index contributed by atoms with van der Waals surface area (Å²) in [6.45, 7) is 2.72. The van der Waals surface area contributed by atoms with E-state index in [1.54, 1.807) is 12.1 Å². The highest BCUT2D eigenvalue weighted by molar-refractivity contribution is 7.90. The fourth-order valence-corrected chi connectivity index (χ4v) is 3.65. The number of carbonyl (C=O) groups is 1. The summed E-state index contributed by atoms with van der Waals surface area (Å²) in [6, 6.07) is 7.49. The lowest BCUT2D eigenvalue weighted by molar-refractivity contribution is 0.0793. The average Bonchev–Trinajstić information content (AvgIpc) is 3.03. The lowest BCUT2D eigenvalue weighted by Gasteiger charge is -2.22. The summed E-state index contributed by atoms with van der Waals surface area (Å²) in [4.78, 5) is 16.5. The Hall–Kier alpha value is -2.92. The lowest BCUT2D eigenvalue weighted by Crippen LogP contribution is -2.21. The van der Waals surface area contributed by atoms with Gasteiger partial charge in [-0.3, -0.25) is 14.5 Å². The van der Waals surface area contributed by atoms with Crippen LogP contribution in [0.5, 0.6) is 0 Å². The third-order valence-corrected chi connectivity index (χ3v) is 5.53. The maximum Gasteiger partial charge on any atom is 0.280 e. The van der Waals surface area contributed by atoms with Crippen LogP contribution in [-0.2, 0) is 22.0 Å². The van der Waals surface area contributed by atoms with Gasteiger partial charge < -0.3 is 10.4 Å². The number of nitrogens with one attached hydrogen (secondary N) is 1. The number of halogens is 2. The first-order valence-corrected chi connectivity index (χ1v) is 11.4. The Morgan fingerprint density at radius 2 is 2.00 bits per heavy atom. The maximum absolute atomic E-state index is 13.8. The fourth-order valence-electron chi connectivity index (χ4n) is 3.15. The van der Waals surface area contributed by atoms with Gasteiger partial charge in [-0.15, -0.1) is 0 Å². The maximum atomic E-state index is 13.8. The van der Waals surface area contributed by atoms with Crippen molar-refractivity contribution in [1.82, 2.24) is 14.8 Å². The molecule has 0 unspecified atom stereocenters. The predicted octanol–water partition coefficient (Wildman–Crippen LogP) is 2.89. The molecule has 0 saturated carbocycles. The van der Waals surface area contributed by atoms with Gasteiger partial charge in [0.2, 0.25) is 0 Å². The average molecular weight is 452 g/mol. The number of aliphatic hydroxyl groups is 1. The van der Waals surface area contributed by atoms with Gasteiger partial charge in [-0.25, -0.2) is 17.2 Å². The van der Waals surface area contributed by atoms with Gasteiger partial charge in [-0.2, -0.15) is 5.10 Å². The minimum absolute atomic E-state index is 0.0489. The highest BCUT2D eigenvalue weighted by atomic mass is 32.2. The second-order valence-electron chi connectivity index (χ2n) is 7.68. The fraction of sp³-hybridized carbons (Fsp3) is 0.350. The zero-order valence-electron chi connectivity index (χ0n) is 17.1. The smallest absolute Gasteiger partial charge is 0.280 e. The molecule has 3 rings (SSSR count). The first kappa shape index (κ1) is 22.8. The highest BCUT2D eigenvalue weighted by Crippen LogP contribution is 2.36. The molecule has 0 bridgehead atoms. The number of amides is 1. The van der Waals surface area contributed by atoms with Crippen molar-refractivity contribution >= 4 is 32.3 Å². The van der Waals surface area contributed by atoms with E-state index >= 15 is 0 Å². The first-order valence-electron chi connectivity index (χ1n) is 9.32. The summed E-state index contributed by atoms with van der Waals surface area (Å²) >= 11 is 0. The normalized spacial score (nSPS) is 12.5. The van der Waals surface area contributed by atoms with Crippen molar-refractivity contribution in [2.75, 3.05) is 17.3 Å². The van der Waals surface area contributed by atoms with E-state index in [9.17, 15) is 27.1 Å². The number of rotatable bonds is 7. The molecule has 8 nitrogen and oxygen atoms in total. The van der Waals surface area contributed by atoms with Gasteiger partial charge >= 0.3 is 0 Å². The second kappa shape index (κ2) is 8.31. The number of fused-ring (bicyclic) bond motifs is 1. The van der Waals surface area contributed by atoms with Gasteiger partial charge in [0.15, 0.2) is 0 Å². The van der Waals surface area contributed by atoms with E-state index in [0.717, 1.165) is 10.9 Å². The summed E-state index contributed by atoms with van der Waals surface area (Å²) in [5.41, 5.74) is -1.24. The van der Waals surface area contributed by atoms with Crippen LogP contribution in [0.25, 0.3) is 10.9 Å². The molecule has 0 radical (unpaired) electrons. The van der Waals surface area contributed by atoms with E-state index < -0.39 is 33.5 Å². The van der Waals surface area contributed by atoms with Crippen LogP contribution in [0.15, 0.2) is 36.5 Å². The van der Waals surface area contributed by atoms with Crippen molar-refractivity contribution in [3.05, 3.63) is 53.5 Å². The first-order chi connectivity index (χ1) is 14.4. The number of carbonyl (C=O) groups excluding carboxylic acids is 1. The van der Waals surface area contributed by atoms with E-state index in [2.05, 4.69) is 15.4 Å². The van der Waals surface area contributed by atoms with Crippen molar-refractivity contribution in [2.45, 2.75) is 32.4 Å². The largest absolute Gasteiger partial charge is 0.386 e. The Balaban J connectivity index is 2.14. The van der Waals surface area contributed by atoms with Crippen LogP contribution in [0.1, 0.15) is 42.0 Å². The quantitative estimate of drug-likeness (QED) is 0.570. The number of nitrogens with zero attached hydrogens (tertiary/aromatic N) is 3. The van der Waals surface area contributed by atoms with Crippen molar-refractivity contribution in [3.8, 4) is 0 Å². The minimum atomic E-state index is -3.40. The van der Waals surface area contributed by atoms with Crippen LogP contribution in [0.4, 0.5) is 14.5 Å². The van der Waals surface area contributed by atoms with Crippen molar-refractivity contribution in [1.29, 1.82) is 0 Å². The number of sulfone groups is 1. The van der Waals surface area contributed by atoms with E-state index in [1.165, 1.54) is 38.2 Å². The molecule has 2 N–H and O–H groups in total. The molecule has 31 heavy (non-hydrogen) atoms. The van der Waals surface area contributed by atoms with Crippen LogP contribution < -0.4 is 5.32 Å². The van der Waals surface area contributed by atoms with E-state index in [-0.39, 0.29) is 40.1 Å².